The van der Waals surface area contributed by atoms with E-state index in [1.165, 1.54) is 11.6 Å². The van der Waals surface area contributed by atoms with Gasteiger partial charge in [0.1, 0.15) is 6.61 Å². The Hall–Kier alpha value is -2.36. The molecule has 0 aromatic carbocycles. The van der Waals surface area contributed by atoms with E-state index in [1.807, 2.05) is 6.92 Å². The van der Waals surface area contributed by atoms with Gasteiger partial charge in [0.05, 0.1) is 6.10 Å². The van der Waals surface area contributed by atoms with Gasteiger partial charge in [-0.05, 0) is 6.42 Å². The second-order valence-corrected chi connectivity index (χ2v) is 5.08. The van der Waals surface area contributed by atoms with Crippen LogP contribution >= 0.6 is 0 Å². The molecule has 1 aliphatic rings. The number of nitrogens with zero attached hydrogens (tertiary/aromatic N) is 6. The number of rotatable bonds is 5. The van der Waals surface area contributed by atoms with Gasteiger partial charge in [-0.2, -0.15) is 4.68 Å². The number of ether oxygens (including phenoxy) is 2. The fourth-order valence-corrected chi connectivity index (χ4v) is 2.27. The minimum absolute atomic E-state index is 0.0854. The average molecular weight is 320 g/mol. The number of aryl methyl sites for hydroxylation is 1. The maximum atomic E-state index is 12.6. The Kier molecular flexibility index (Phi) is 4.33. The molecular weight excluding hydrogens is 304 g/mol. The van der Waals surface area contributed by atoms with Crippen LogP contribution in [0.5, 0.6) is 0 Å². The molecule has 10 heteroatoms. The molecule has 0 N–H and O–H groups in total. The number of hydrogen-bond donors (Lipinski definition) is 0. The first-order chi connectivity index (χ1) is 11.1. The van der Waals surface area contributed by atoms with Gasteiger partial charge in [0, 0.05) is 26.3 Å². The second kappa shape index (κ2) is 6.41. The fourth-order valence-electron chi connectivity index (χ4n) is 2.27. The van der Waals surface area contributed by atoms with Crippen LogP contribution in [0.2, 0.25) is 0 Å². The molecule has 2 unspecified atom stereocenters. The van der Waals surface area contributed by atoms with Gasteiger partial charge in [0.2, 0.25) is 5.65 Å². The van der Waals surface area contributed by atoms with Crippen LogP contribution < -0.4 is 5.56 Å². The third-order valence-corrected chi connectivity index (χ3v) is 3.30. The fraction of sp³-hybridized carbons (Fsp3) is 0.538. The molecule has 10 nitrogen and oxygen atoms in total. The van der Waals surface area contributed by atoms with Gasteiger partial charge >= 0.3 is 5.97 Å². The lowest BCUT2D eigenvalue weighted by atomic mass is 10.2. The number of aromatic nitrogens is 6. The molecule has 0 spiro atoms. The maximum absolute atomic E-state index is 12.6. The molecule has 2 aromatic heterocycles. The molecule has 0 saturated carbocycles. The molecule has 1 saturated heterocycles. The minimum Gasteiger partial charge on any atom is -0.463 e. The van der Waals surface area contributed by atoms with E-state index in [0.29, 0.717) is 12.1 Å². The molecular formula is C13H16N6O4. The highest BCUT2D eigenvalue weighted by Gasteiger charge is 2.30. The molecule has 1 fully saturated rings. The summed E-state index contributed by atoms with van der Waals surface area (Å²) in [6.45, 7) is 3.95. The number of carbonyl (C=O) groups excluding carboxylic acids is 1. The zero-order valence-electron chi connectivity index (χ0n) is 12.7. The third-order valence-electron chi connectivity index (χ3n) is 3.30. The number of hydrogen-bond acceptors (Lipinski definition) is 8. The van der Waals surface area contributed by atoms with Gasteiger partial charge in [-0.15, -0.1) is 10.2 Å². The SMILES string of the molecule is CCCn1nnc2nnn(C3[CH][CH]C(COC(C)=O)O3)c(=O)c21. The van der Waals surface area contributed by atoms with Crippen LogP contribution in [0.15, 0.2) is 4.79 Å². The van der Waals surface area contributed by atoms with E-state index in [-0.39, 0.29) is 17.8 Å². The Morgan fingerprint density at radius 2 is 2.13 bits per heavy atom. The lowest BCUT2D eigenvalue weighted by Crippen LogP contribution is -2.30. The summed E-state index contributed by atoms with van der Waals surface area (Å²) >= 11 is 0. The largest absolute Gasteiger partial charge is 0.463 e. The van der Waals surface area contributed by atoms with Gasteiger partial charge in [-0.1, -0.05) is 17.4 Å². The van der Waals surface area contributed by atoms with E-state index in [9.17, 15) is 9.59 Å². The molecule has 0 amide bonds. The van der Waals surface area contributed by atoms with E-state index >= 15 is 0 Å². The van der Waals surface area contributed by atoms with Crippen LogP contribution in [-0.2, 0) is 20.8 Å². The second-order valence-electron chi connectivity index (χ2n) is 5.08. The Morgan fingerprint density at radius 3 is 2.87 bits per heavy atom. The summed E-state index contributed by atoms with van der Waals surface area (Å²) in [7, 11) is 0. The van der Waals surface area contributed by atoms with E-state index in [2.05, 4.69) is 20.6 Å². The standard InChI is InChI=1S/C13H16N6O4/c1-3-6-18-11-12(14-16-18)15-17-19(13(11)21)10-5-4-9(23-10)7-22-8(2)20/h4-5,9-10H,3,6-7H2,1-2H3. The number of carbonyl (C=O) groups is 1. The minimum atomic E-state index is -0.704. The van der Waals surface area contributed by atoms with Gasteiger partial charge < -0.3 is 9.47 Å². The smallest absolute Gasteiger partial charge is 0.302 e. The quantitative estimate of drug-likeness (QED) is 0.687. The van der Waals surface area contributed by atoms with Gasteiger partial charge in [-0.25, -0.2) is 4.68 Å². The summed E-state index contributed by atoms with van der Waals surface area (Å²) in [6.07, 6.45) is 3.07. The molecule has 0 bridgehead atoms. The zero-order valence-corrected chi connectivity index (χ0v) is 12.7. The monoisotopic (exact) mass is 320 g/mol. The summed E-state index contributed by atoms with van der Waals surface area (Å²) in [5.74, 6) is -0.390. The highest BCUT2D eigenvalue weighted by molar-refractivity contribution is 5.67. The molecule has 0 aliphatic carbocycles. The first-order valence-corrected chi connectivity index (χ1v) is 7.26. The normalized spacial score (nSPS) is 21.0. The van der Waals surface area contributed by atoms with Crippen molar-refractivity contribution in [2.75, 3.05) is 6.61 Å². The highest BCUT2D eigenvalue weighted by Crippen LogP contribution is 2.24. The van der Waals surface area contributed by atoms with Crippen LogP contribution in [0.3, 0.4) is 0 Å². The van der Waals surface area contributed by atoms with Gasteiger partial charge in [-0.3, -0.25) is 9.59 Å². The predicted molar refractivity (Wildman–Crippen MR) is 76.8 cm³/mol. The third kappa shape index (κ3) is 3.07. The van der Waals surface area contributed by atoms with E-state index in [4.69, 9.17) is 9.47 Å². The highest BCUT2D eigenvalue weighted by atomic mass is 16.6. The van der Waals surface area contributed by atoms with Crippen molar-refractivity contribution in [3.63, 3.8) is 0 Å². The van der Waals surface area contributed by atoms with Crippen LogP contribution in [0.4, 0.5) is 0 Å². The van der Waals surface area contributed by atoms with Gasteiger partial charge in [0.25, 0.3) is 5.56 Å². The van der Waals surface area contributed by atoms with Crippen molar-refractivity contribution in [2.24, 2.45) is 0 Å². The molecule has 3 heterocycles. The summed E-state index contributed by atoms with van der Waals surface area (Å²) in [6, 6.07) is 0. The van der Waals surface area contributed by atoms with E-state index in [1.54, 1.807) is 12.8 Å². The van der Waals surface area contributed by atoms with E-state index < -0.39 is 18.3 Å². The van der Waals surface area contributed by atoms with Crippen molar-refractivity contribution < 1.29 is 14.3 Å². The molecule has 122 valence electrons. The summed E-state index contributed by atoms with van der Waals surface area (Å²) < 4.78 is 13.2. The van der Waals surface area contributed by atoms with E-state index in [0.717, 1.165) is 11.1 Å². The zero-order chi connectivity index (χ0) is 16.4. The first-order valence-electron chi connectivity index (χ1n) is 7.26. The predicted octanol–water partition coefficient (Wildman–Crippen LogP) is -0.338. The molecule has 1 aliphatic heterocycles. The van der Waals surface area contributed by atoms with Crippen molar-refractivity contribution in [1.29, 1.82) is 0 Å². The van der Waals surface area contributed by atoms with Crippen molar-refractivity contribution in [3.05, 3.63) is 23.2 Å². The lowest BCUT2D eigenvalue weighted by Gasteiger charge is -2.14. The molecule has 23 heavy (non-hydrogen) atoms. The van der Waals surface area contributed by atoms with Crippen LogP contribution in [0, 0.1) is 12.8 Å². The summed E-state index contributed by atoms with van der Waals surface area (Å²) in [5.41, 5.74) is 0.122. The van der Waals surface area contributed by atoms with Crippen molar-refractivity contribution in [1.82, 2.24) is 30.0 Å². The summed E-state index contributed by atoms with van der Waals surface area (Å²) in [4.78, 5) is 23.4. The van der Waals surface area contributed by atoms with Crippen LogP contribution in [0.25, 0.3) is 11.2 Å². The van der Waals surface area contributed by atoms with Crippen molar-refractivity contribution in [3.8, 4) is 0 Å². The Bertz CT molecular complexity index is 769. The van der Waals surface area contributed by atoms with Crippen molar-refractivity contribution in [2.45, 2.75) is 39.1 Å². The van der Waals surface area contributed by atoms with Gasteiger partial charge in [0.15, 0.2) is 11.7 Å². The molecule has 2 aromatic rings. The lowest BCUT2D eigenvalue weighted by molar-refractivity contribution is -0.145. The first kappa shape index (κ1) is 15.5. The topological polar surface area (TPSA) is 114 Å². The van der Waals surface area contributed by atoms with Crippen LogP contribution in [-0.4, -0.2) is 48.7 Å². The number of esters is 1. The Morgan fingerprint density at radius 1 is 1.35 bits per heavy atom. The molecule has 2 radical (unpaired) electrons. The average Bonchev–Trinajstić information content (AvgIpc) is 3.14. The van der Waals surface area contributed by atoms with Crippen molar-refractivity contribution >= 4 is 17.1 Å². The number of fused-ring (bicyclic) bond motifs is 1. The summed E-state index contributed by atoms with van der Waals surface area (Å²) in [5, 5.41) is 15.5. The maximum Gasteiger partial charge on any atom is 0.302 e. The molecule has 3 rings (SSSR count). The molecule has 2 atom stereocenters. The Labute approximate surface area is 131 Å². The van der Waals surface area contributed by atoms with Crippen LogP contribution in [0.1, 0.15) is 26.5 Å². The Balaban J connectivity index is 1.83.